The molecule has 0 aromatic heterocycles. The van der Waals surface area contributed by atoms with Crippen LogP contribution in [0.25, 0.3) is 0 Å². The molecule has 0 amide bonds. The Morgan fingerprint density at radius 2 is 1.85 bits per heavy atom. The molecule has 0 fully saturated rings. The lowest BCUT2D eigenvalue weighted by Crippen LogP contribution is -2.28. The van der Waals surface area contributed by atoms with Crippen LogP contribution in [0.3, 0.4) is 0 Å². The van der Waals surface area contributed by atoms with Crippen molar-refractivity contribution in [2.45, 2.75) is 11.3 Å². The van der Waals surface area contributed by atoms with E-state index in [1.807, 2.05) is 19.0 Å². The van der Waals surface area contributed by atoms with Gasteiger partial charge in [-0.3, -0.25) is 0 Å². The molecule has 0 aliphatic heterocycles. The molecule has 0 bridgehead atoms. The van der Waals surface area contributed by atoms with Crippen LogP contribution in [-0.2, 0) is 10.0 Å². The van der Waals surface area contributed by atoms with Crippen molar-refractivity contribution in [3.8, 4) is 0 Å². The number of hydrogen-bond donors (Lipinski definition) is 2. The Morgan fingerprint density at radius 1 is 1.20 bits per heavy atom. The molecule has 0 radical (unpaired) electrons. The predicted molar refractivity (Wildman–Crippen MR) is 83.5 cm³/mol. The lowest BCUT2D eigenvalue weighted by atomic mass is 10.3. The minimum absolute atomic E-state index is 0.215. The highest BCUT2D eigenvalue weighted by molar-refractivity contribution is 7.89. The number of benzene rings is 1. The van der Waals surface area contributed by atoms with Crippen molar-refractivity contribution in [2.24, 2.45) is 0 Å². The van der Waals surface area contributed by atoms with Crippen LogP contribution >= 0.6 is 0 Å². The van der Waals surface area contributed by atoms with Crippen molar-refractivity contribution in [3.63, 3.8) is 0 Å². The van der Waals surface area contributed by atoms with Crippen LogP contribution in [0.2, 0.25) is 0 Å². The minimum atomic E-state index is -3.55. The molecule has 3 N–H and O–H groups in total. The number of rotatable bonds is 7. The van der Waals surface area contributed by atoms with E-state index in [-0.39, 0.29) is 4.90 Å². The summed E-state index contributed by atoms with van der Waals surface area (Å²) in [6.45, 7) is 1.24. The minimum Gasteiger partial charge on any atom is -0.399 e. The van der Waals surface area contributed by atoms with Crippen LogP contribution in [0.15, 0.2) is 23.1 Å². The van der Waals surface area contributed by atoms with Gasteiger partial charge in [-0.25, -0.2) is 13.1 Å². The quantitative estimate of drug-likeness (QED) is 0.568. The van der Waals surface area contributed by atoms with Crippen LogP contribution in [0.1, 0.15) is 6.42 Å². The van der Waals surface area contributed by atoms with Gasteiger partial charge in [-0.1, -0.05) is 0 Å². The van der Waals surface area contributed by atoms with Crippen LogP contribution in [0.4, 0.5) is 11.4 Å². The second kappa shape index (κ2) is 6.92. The zero-order valence-electron chi connectivity index (χ0n) is 12.5. The lowest BCUT2D eigenvalue weighted by Gasteiger charge is -2.18. The summed E-state index contributed by atoms with van der Waals surface area (Å²) in [7, 11) is 3.97. The van der Waals surface area contributed by atoms with E-state index in [0.29, 0.717) is 17.9 Å². The molecular weight excluding hydrogens is 276 g/mol. The van der Waals surface area contributed by atoms with E-state index in [1.54, 1.807) is 31.1 Å². The fraction of sp³-hybridized carbons (Fsp3) is 0.538. The average Bonchev–Trinajstić information content (AvgIpc) is 2.34. The van der Waals surface area contributed by atoms with Crippen molar-refractivity contribution in [1.82, 2.24) is 9.62 Å². The van der Waals surface area contributed by atoms with E-state index in [2.05, 4.69) is 4.72 Å². The standard InChI is InChI=1S/C13H24N4O2S/c1-16(2)9-5-8-15-20(18,19)13-10-11(14)6-7-12(13)17(3)4/h6-7,10,15H,5,8-9,14H2,1-4H3. The molecule has 0 heterocycles. The highest BCUT2D eigenvalue weighted by Crippen LogP contribution is 2.25. The number of nitrogens with one attached hydrogen (secondary N) is 1. The Labute approximate surface area is 121 Å². The molecule has 0 atom stereocenters. The Kier molecular flexibility index (Phi) is 5.79. The molecule has 114 valence electrons. The Hall–Kier alpha value is -1.31. The van der Waals surface area contributed by atoms with Crippen molar-refractivity contribution in [3.05, 3.63) is 18.2 Å². The first-order valence-electron chi connectivity index (χ1n) is 6.45. The van der Waals surface area contributed by atoms with Gasteiger partial charge in [0.15, 0.2) is 0 Å². The van der Waals surface area contributed by atoms with Crippen molar-refractivity contribution in [2.75, 3.05) is 51.9 Å². The van der Waals surface area contributed by atoms with Gasteiger partial charge in [-0.15, -0.1) is 0 Å². The molecule has 0 aliphatic rings. The molecule has 0 aliphatic carbocycles. The van der Waals surface area contributed by atoms with Gasteiger partial charge in [0.05, 0.1) is 5.69 Å². The van der Waals surface area contributed by atoms with Gasteiger partial charge in [0, 0.05) is 26.3 Å². The van der Waals surface area contributed by atoms with Gasteiger partial charge in [0.1, 0.15) is 4.90 Å². The molecule has 1 rings (SSSR count). The monoisotopic (exact) mass is 300 g/mol. The van der Waals surface area contributed by atoms with Gasteiger partial charge in [0.25, 0.3) is 0 Å². The number of nitrogens with zero attached hydrogens (tertiary/aromatic N) is 2. The summed E-state index contributed by atoms with van der Waals surface area (Å²) in [5, 5.41) is 0. The predicted octanol–water partition coefficient (Wildman–Crippen LogP) is 0.565. The fourth-order valence-electron chi connectivity index (χ4n) is 1.79. The first-order valence-corrected chi connectivity index (χ1v) is 7.93. The van der Waals surface area contributed by atoms with E-state index >= 15 is 0 Å². The highest BCUT2D eigenvalue weighted by Gasteiger charge is 2.19. The van der Waals surface area contributed by atoms with Gasteiger partial charge >= 0.3 is 0 Å². The van der Waals surface area contributed by atoms with Gasteiger partial charge in [-0.2, -0.15) is 0 Å². The van der Waals surface area contributed by atoms with E-state index < -0.39 is 10.0 Å². The molecule has 1 aromatic carbocycles. The maximum atomic E-state index is 12.3. The Balaban J connectivity index is 2.89. The second-order valence-electron chi connectivity index (χ2n) is 5.18. The van der Waals surface area contributed by atoms with Crippen molar-refractivity contribution in [1.29, 1.82) is 0 Å². The topological polar surface area (TPSA) is 78.7 Å². The summed E-state index contributed by atoms with van der Waals surface area (Å²) in [6.07, 6.45) is 0.756. The highest BCUT2D eigenvalue weighted by atomic mass is 32.2. The normalized spacial score (nSPS) is 11.8. The smallest absolute Gasteiger partial charge is 0.242 e. The van der Waals surface area contributed by atoms with Crippen molar-refractivity contribution >= 4 is 21.4 Å². The molecule has 6 nitrogen and oxygen atoms in total. The first-order chi connectivity index (χ1) is 9.24. The second-order valence-corrected chi connectivity index (χ2v) is 6.91. The third kappa shape index (κ3) is 4.66. The third-order valence-electron chi connectivity index (χ3n) is 2.83. The third-order valence-corrected chi connectivity index (χ3v) is 4.32. The molecule has 7 heteroatoms. The van der Waals surface area contributed by atoms with E-state index in [9.17, 15) is 8.42 Å². The zero-order valence-corrected chi connectivity index (χ0v) is 13.4. The van der Waals surface area contributed by atoms with E-state index in [1.165, 1.54) is 6.07 Å². The fourth-order valence-corrected chi connectivity index (χ4v) is 3.18. The maximum absolute atomic E-state index is 12.3. The van der Waals surface area contributed by atoms with Crippen molar-refractivity contribution < 1.29 is 8.42 Å². The lowest BCUT2D eigenvalue weighted by molar-refractivity contribution is 0.400. The molecule has 1 aromatic rings. The Bertz CT molecular complexity index is 541. The van der Waals surface area contributed by atoms with E-state index in [0.717, 1.165) is 13.0 Å². The summed E-state index contributed by atoms with van der Waals surface area (Å²) in [5.74, 6) is 0. The van der Waals surface area contributed by atoms with Gasteiger partial charge < -0.3 is 15.5 Å². The zero-order chi connectivity index (χ0) is 15.3. The number of nitrogens with two attached hydrogens (primary N) is 1. The largest absolute Gasteiger partial charge is 0.399 e. The first kappa shape index (κ1) is 16.7. The van der Waals surface area contributed by atoms with E-state index in [4.69, 9.17) is 5.73 Å². The summed E-state index contributed by atoms with van der Waals surface area (Å²) in [4.78, 5) is 3.99. The number of sulfonamides is 1. The Morgan fingerprint density at radius 3 is 2.40 bits per heavy atom. The van der Waals surface area contributed by atoms with Crippen LogP contribution in [0, 0.1) is 0 Å². The summed E-state index contributed by atoms with van der Waals surface area (Å²) < 4.78 is 27.3. The van der Waals surface area contributed by atoms with Crippen LogP contribution in [0.5, 0.6) is 0 Å². The molecule has 0 saturated carbocycles. The molecule has 0 unspecified atom stereocenters. The maximum Gasteiger partial charge on any atom is 0.242 e. The summed E-state index contributed by atoms with van der Waals surface area (Å²) in [6, 6.07) is 4.90. The molecule has 20 heavy (non-hydrogen) atoms. The number of nitrogen functional groups attached to an aromatic ring is 1. The average molecular weight is 300 g/mol. The molecule has 0 spiro atoms. The number of anilines is 2. The molecular formula is C13H24N4O2S. The van der Waals surface area contributed by atoms with Crippen LogP contribution < -0.4 is 15.4 Å². The summed E-state index contributed by atoms with van der Waals surface area (Å²) in [5.41, 5.74) is 6.76. The number of hydrogen-bond acceptors (Lipinski definition) is 5. The van der Waals surface area contributed by atoms with Gasteiger partial charge in [0.2, 0.25) is 10.0 Å². The SMILES string of the molecule is CN(C)CCCNS(=O)(=O)c1cc(N)ccc1N(C)C. The van der Waals surface area contributed by atoms with Gasteiger partial charge in [-0.05, 0) is 45.3 Å². The summed E-state index contributed by atoms with van der Waals surface area (Å²) >= 11 is 0. The molecule has 0 saturated heterocycles. The van der Waals surface area contributed by atoms with Crippen LogP contribution in [-0.4, -0.2) is 54.6 Å².